The molecule has 0 aliphatic carbocycles. The fraction of sp³-hybridized carbons (Fsp3) is 0.0833. The van der Waals surface area contributed by atoms with Gasteiger partial charge in [0.1, 0.15) is 5.82 Å². The van der Waals surface area contributed by atoms with Gasteiger partial charge in [-0.2, -0.15) is 0 Å². The van der Waals surface area contributed by atoms with Gasteiger partial charge in [0.2, 0.25) is 11.7 Å². The number of rotatable bonds is 6. The number of aromatic carboxylic acids is 1. The van der Waals surface area contributed by atoms with Gasteiger partial charge in [-0.3, -0.25) is 15.6 Å². The number of anilines is 1. The lowest BCUT2D eigenvalue weighted by Gasteiger charge is -2.06. The number of hydrogen-bond acceptors (Lipinski definition) is 6. The highest BCUT2D eigenvalue weighted by Gasteiger charge is 2.10. The van der Waals surface area contributed by atoms with E-state index in [4.69, 9.17) is 9.52 Å². The van der Waals surface area contributed by atoms with E-state index in [-0.39, 0.29) is 17.4 Å². The van der Waals surface area contributed by atoms with E-state index >= 15 is 0 Å². The summed E-state index contributed by atoms with van der Waals surface area (Å²) < 4.78 is 5.01. The zero-order chi connectivity index (χ0) is 14.4. The van der Waals surface area contributed by atoms with Crippen molar-refractivity contribution < 1.29 is 19.1 Å². The molecule has 2 aromatic rings. The molecule has 0 saturated carbocycles. The number of nitrogens with zero attached hydrogens (tertiary/aromatic N) is 1. The van der Waals surface area contributed by atoms with Crippen LogP contribution in [-0.4, -0.2) is 27.7 Å². The van der Waals surface area contributed by atoms with Crippen molar-refractivity contribution in [3.8, 4) is 0 Å². The molecule has 8 heteroatoms. The molecule has 2 rings (SSSR count). The molecule has 2 aromatic heterocycles. The number of nitrogens with one attached hydrogen (secondary N) is 2. The molecule has 0 fully saturated rings. The van der Waals surface area contributed by atoms with Crippen LogP contribution in [0.3, 0.4) is 0 Å². The zero-order valence-corrected chi connectivity index (χ0v) is 11.0. The number of carboxylic acid groups (broad SMARTS) is 1. The summed E-state index contributed by atoms with van der Waals surface area (Å²) in [6.45, 7) is 0. The Morgan fingerprint density at radius 1 is 1.30 bits per heavy atom. The molecule has 0 atom stereocenters. The average Bonchev–Trinajstić information content (AvgIpc) is 2.93. The first kappa shape index (κ1) is 13.9. The summed E-state index contributed by atoms with van der Waals surface area (Å²) in [7, 11) is 0. The van der Waals surface area contributed by atoms with Gasteiger partial charge in [0.05, 0.1) is 5.75 Å². The second-order valence-electron chi connectivity index (χ2n) is 3.60. The van der Waals surface area contributed by atoms with Crippen LogP contribution < -0.4 is 10.9 Å². The number of furan rings is 1. The third-order valence-corrected chi connectivity index (χ3v) is 3.04. The maximum Gasteiger partial charge on any atom is 0.371 e. The topological polar surface area (TPSA) is 104 Å². The van der Waals surface area contributed by atoms with Crippen LogP contribution in [0.25, 0.3) is 0 Å². The molecule has 20 heavy (non-hydrogen) atoms. The van der Waals surface area contributed by atoms with Crippen LogP contribution in [-0.2, 0) is 4.79 Å². The van der Waals surface area contributed by atoms with E-state index < -0.39 is 5.97 Å². The first-order valence-electron chi connectivity index (χ1n) is 5.57. The van der Waals surface area contributed by atoms with Crippen LogP contribution in [0.4, 0.5) is 5.82 Å². The fourth-order valence-electron chi connectivity index (χ4n) is 1.26. The van der Waals surface area contributed by atoms with Crippen molar-refractivity contribution in [1.29, 1.82) is 0 Å². The van der Waals surface area contributed by atoms with Crippen LogP contribution in [0.15, 0.2) is 46.0 Å². The Morgan fingerprint density at radius 2 is 2.15 bits per heavy atom. The van der Waals surface area contributed by atoms with Crippen LogP contribution in [0.1, 0.15) is 10.6 Å². The van der Waals surface area contributed by atoms with Gasteiger partial charge < -0.3 is 9.52 Å². The third-order valence-electron chi connectivity index (χ3n) is 2.13. The minimum Gasteiger partial charge on any atom is -0.475 e. The van der Waals surface area contributed by atoms with Crippen molar-refractivity contribution in [2.24, 2.45) is 0 Å². The van der Waals surface area contributed by atoms with Gasteiger partial charge in [-0.05, 0) is 24.3 Å². The Balaban J connectivity index is 1.76. The van der Waals surface area contributed by atoms with Crippen LogP contribution in [0, 0.1) is 0 Å². The highest BCUT2D eigenvalue weighted by molar-refractivity contribution is 7.99. The summed E-state index contributed by atoms with van der Waals surface area (Å²) in [5.74, 6) is -0.963. The first-order valence-corrected chi connectivity index (χ1v) is 6.55. The quantitative estimate of drug-likeness (QED) is 0.549. The van der Waals surface area contributed by atoms with Gasteiger partial charge in [0.15, 0.2) is 5.09 Å². The van der Waals surface area contributed by atoms with E-state index in [1.165, 1.54) is 12.1 Å². The second kappa shape index (κ2) is 6.62. The predicted molar refractivity (Wildman–Crippen MR) is 72.4 cm³/mol. The van der Waals surface area contributed by atoms with E-state index in [2.05, 4.69) is 15.8 Å². The molecule has 2 heterocycles. The van der Waals surface area contributed by atoms with E-state index in [0.717, 1.165) is 11.8 Å². The Bertz CT molecular complexity index is 600. The number of carboxylic acids is 1. The van der Waals surface area contributed by atoms with Crippen molar-refractivity contribution in [2.75, 3.05) is 11.2 Å². The monoisotopic (exact) mass is 293 g/mol. The Labute approximate surface area is 118 Å². The summed E-state index contributed by atoms with van der Waals surface area (Å²) in [4.78, 5) is 26.1. The maximum absolute atomic E-state index is 11.6. The number of aromatic nitrogens is 1. The number of carbonyl (C=O) groups excluding carboxylic acids is 1. The Hall–Kier alpha value is -2.48. The van der Waals surface area contributed by atoms with Crippen molar-refractivity contribution >= 4 is 29.5 Å². The number of hydrogen-bond donors (Lipinski definition) is 3. The van der Waals surface area contributed by atoms with E-state index in [1.54, 1.807) is 24.4 Å². The van der Waals surface area contributed by atoms with E-state index in [1.807, 2.05) is 0 Å². The second-order valence-corrected chi connectivity index (χ2v) is 4.58. The molecule has 0 saturated heterocycles. The summed E-state index contributed by atoms with van der Waals surface area (Å²) in [6.07, 6.45) is 1.60. The summed E-state index contributed by atoms with van der Waals surface area (Å²) in [5.41, 5.74) is 5.12. The van der Waals surface area contributed by atoms with Gasteiger partial charge in [0.25, 0.3) is 0 Å². The number of hydrazine groups is 1. The summed E-state index contributed by atoms with van der Waals surface area (Å²) >= 11 is 1.10. The third kappa shape index (κ3) is 4.02. The summed E-state index contributed by atoms with van der Waals surface area (Å²) in [6, 6.07) is 8.10. The number of thioether (sulfide) groups is 1. The van der Waals surface area contributed by atoms with E-state index in [0.29, 0.717) is 10.9 Å². The van der Waals surface area contributed by atoms with Gasteiger partial charge in [-0.15, -0.1) is 0 Å². The van der Waals surface area contributed by atoms with Crippen LogP contribution >= 0.6 is 11.8 Å². The lowest BCUT2D eigenvalue weighted by Crippen LogP contribution is -2.31. The Kier molecular flexibility index (Phi) is 4.61. The molecule has 0 bridgehead atoms. The normalized spacial score (nSPS) is 10.0. The predicted octanol–water partition coefficient (Wildman–Crippen LogP) is 1.61. The van der Waals surface area contributed by atoms with Gasteiger partial charge in [-0.1, -0.05) is 17.8 Å². The maximum atomic E-state index is 11.6. The van der Waals surface area contributed by atoms with E-state index in [9.17, 15) is 9.59 Å². The number of pyridine rings is 1. The molecule has 3 N–H and O–H groups in total. The lowest BCUT2D eigenvalue weighted by molar-refractivity contribution is -0.118. The number of amides is 1. The molecule has 0 aromatic carbocycles. The van der Waals surface area contributed by atoms with Crippen molar-refractivity contribution in [1.82, 2.24) is 10.4 Å². The zero-order valence-electron chi connectivity index (χ0n) is 10.2. The van der Waals surface area contributed by atoms with Gasteiger partial charge in [0, 0.05) is 6.20 Å². The highest BCUT2D eigenvalue weighted by atomic mass is 32.2. The standard InChI is InChI=1S/C12H11N3O4S/c16-10(15-14-9-3-1-2-6-13-9)7-20-11-5-4-8(19-11)12(17)18/h1-6H,7H2,(H,13,14)(H,15,16)(H,17,18). The number of carbonyl (C=O) groups is 2. The summed E-state index contributed by atoms with van der Waals surface area (Å²) in [5, 5.41) is 9.06. The average molecular weight is 293 g/mol. The smallest absolute Gasteiger partial charge is 0.371 e. The molecule has 0 radical (unpaired) electrons. The Morgan fingerprint density at radius 3 is 2.80 bits per heavy atom. The molecule has 0 aliphatic rings. The van der Waals surface area contributed by atoms with Gasteiger partial charge >= 0.3 is 5.97 Å². The molecule has 0 unspecified atom stereocenters. The van der Waals surface area contributed by atoms with Crippen molar-refractivity contribution in [3.63, 3.8) is 0 Å². The minimum atomic E-state index is -1.14. The molecule has 7 nitrogen and oxygen atoms in total. The van der Waals surface area contributed by atoms with Crippen LogP contribution in [0.5, 0.6) is 0 Å². The molecule has 0 aliphatic heterocycles. The molecular formula is C12H11N3O4S. The van der Waals surface area contributed by atoms with Crippen LogP contribution in [0.2, 0.25) is 0 Å². The molecule has 0 spiro atoms. The highest BCUT2D eigenvalue weighted by Crippen LogP contribution is 2.20. The molecular weight excluding hydrogens is 282 g/mol. The molecule has 104 valence electrons. The van der Waals surface area contributed by atoms with Gasteiger partial charge in [-0.25, -0.2) is 9.78 Å². The lowest BCUT2D eigenvalue weighted by atomic mass is 10.5. The van der Waals surface area contributed by atoms with Crippen molar-refractivity contribution in [3.05, 3.63) is 42.3 Å². The largest absolute Gasteiger partial charge is 0.475 e. The first-order chi connectivity index (χ1) is 9.65. The SMILES string of the molecule is O=C(CSc1ccc(C(=O)O)o1)NNc1ccccn1. The molecule has 1 amide bonds. The fourth-order valence-corrected chi connectivity index (χ4v) is 1.91. The minimum absolute atomic E-state index is 0.0897. The van der Waals surface area contributed by atoms with Crippen molar-refractivity contribution in [2.45, 2.75) is 5.09 Å².